The molecule has 9 aromatic carbocycles. The minimum Gasteiger partial charge on any atom is -0.309 e. The lowest BCUT2D eigenvalue weighted by atomic mass is 10.00. The SMILES string of the molecule is c1ccc(-c2ccc3c(c2)c2cc(-c4cccc(-n5c6ccc(-c7ccccc7)cc6c6cc(-c7ccccc7)ccc65)c4)ccc2n3-c2ccccc2)cc1. The maximum atomic E-state index is 2.43. The van der Waals surface area contributed by atoms with Crippen LogP contribution in [0.5, 0.6) is 0 Å². The van der Waals surface area contributed by atoms with E-state index in [1.165, 1.54) is 88.1 Å². The van der Waals surface area contributed by atoms with Gasteiger partial charge in [-0.3, -0.25) is 0 Å². The predicted molar refractivity (Wildman–Crippen MR) is 237 cm³/mol. The number of aromatic nitrogens is 2. The van der Waals surface area contributed by atoms with Crippen LogP contribution in [0, 0.1) is 0 Å². The molecular formula is C54H36N2. The first kappa shape index (κ1) is 32.0. The molecule has 0 saturated heterocycles. The van der Waals surface area contributed by atoms with Crippen molar-refractivity contribution in [1.29, 1.82) is 0 Å². The Morgan fingerprint density at radius 1 is 0.196 bits per heavy atom. The second-order valence-electron chi connectivity index (χ2n) is 14.6. The normalized spacial score (nSPS) is 11.6. The van der Waals surface area contributed by atoms with E-state index in [9.17, 15) is 0 Å². The molecule has 11 rings (SSSR count). The lowest BCUT2D eigenvalue weighted by Gasteiger charge is -2.12. The molecule has 0 atom stereocenters. The molecule has 0 saturated carbocycles. The summed E-state index contributed by atoms with van der Waals surface area (Å²) in [7, 11) is 0. The van der Waals surface area contributed by atoms with Crippen molar-refractivity contribution in [3.63, 3.8) is 0 Å². The van der Waals surface area contributed by atoms with Gasteiger partial charge in [0.2, 0.25) is 0 Å². The van der Waals surface area contributed by atoms with Gasteiger partial charge < -0.3 is 9.13 Å². The smallest absolute Gasteiger partial charge is 0.0541 e. The van der Waals surface area contributed by atoms with Crippen molar-refractivity contribution >= 4 is 43.6 Å². The second-order valence-corrected chi connectivity index (χ2v) is 14.6. The third kappa shape index (κ3) is 5.34. The molecule has 56 heavy (non-hydrogen) atoms. The zero-order valence-corrected chi connectivity index (χ0v) is 30.7. The van der Waals surface area contributed by atoms with Gasteiger partial charge in [-0.1, -0.05) is 146 Å². The standard InChI is InChI=1S/C54H36N2/c1-5-14-37(15-6-1)41-24-28-51-47(33-41)50-36-44(27-31-52(50)55(51)45-21-11-4-12-22-45)40-20-13-23-46(32-40)56-53-29-25-42(38-16-7-2-8-17-38)34-48(53)49-35-43(26-30-54(49)56)39-18-9-3-10-19-39/h1-36H. The fourth-order valence-corrected chi connectivity index (χ4v) is 8.61. The molecule has 0 amide bonds. The molecule has 0 unspecified atom stereocenters. The largest absolute Gasteiger partial charge is 0.309 e. The molecule has 0 aliphatic rings. The zero-order chi connectivity index (χ0) is 37.0. The van der Waals surface area contributed by atoms with Crippen LogP contribution in [0.25, 0.3) is 99.5 Å². The number of hydrogen-bond donors (Lipinski definition) is 0. The second kappa shape index (κ2) is 13.2. The Balaban J connectivity index is 1.10. The average molecular weight is 713 g/mol. The molecule has 0 bridgehead atoms. The predicted octanol–water partition coefficient (Wildman–Crippen LogP) is 14.5. The fraction of sp³-hybridized carbons (Fsp3) is 0. The zero-order valence-electron chi connectivity index (χ0n) is 30.7. The third-order valence-corrected chi connectivity index (χ3v) is 11.3. The number of benzene rings is 9. The molecule has 2 aromatic heterocycles. The molecule has 0 radical (unpaired) electrons. The monoisotopic (exact) mass is 712 g/mol. The molecule has 2 nitrogen and oxygen atoms in total. The summed E-state index contributed by atoms with van der Waals surface area (Å²) in [5.74, 6) is 0. The molecule has 11 aromatic rings. The van der Waals surface area contributed by atoms with Gasteiger partial charge >= 0.3 is 0 Å². The highest BCUT2D eigenvalue weighted by molar-refractivity contribution is 6.13. The minimum absolute atomic E-state index is 1.14. The number of hydrogen-bond acceptors (Lipinski definition) is 0. The van der Waals surface area contributed by atoms with Gasteiger partial charge in [0.25, 0.3) is 0 Å². The first-order valence-corrected chi connectivity index (χ1v) is 19.3. The Kier molecular flexibility index (Phi) is 7.53. The van der Waals surface area contributed by atoms with Gasteiger partial charge in [0.1, 0.15) is 0 Å². The summed E-state index contributed by atoms with van der Waals surface area (Å²) in [5.41, 5.74) is 16.8. The van der Waals surface area contributed by atoms with Gasteiger partial charge in [0.15, 0.2) is 0 Å². The Hall–Kier alpha value is -7.42. The van der Waals surface area contributed by atoms with Crippen LogP contribution in [-0.4, -0.2) is 9.13 Å². The minimum atomic E-state index is 1.14. The average Bonchev–Trinajstić information content (AvgIpc) is 3.79. The first-order chi connectivity index (χ1) is 27.8. The van der Waals surface area contributed by atoms with Crippen molar-refractivity contribution in [2.45, 2.75) is 0 Å². The lowest BCUT2D eigenvalue weighted by molar-refractivity contribution is 1.18. The highest BCUT2D eigenvalue weighted by Crippen LogP contribution is 2.40. The van der Waals surface area contributed by atoms with E-state index in [-0.39, 0.29) is 0 Å². The van der Waals surface area contributed by atoms with Crippen molar-refractivity contribution in [1.82, 2.24) is 9.13 Å². The van der Waals surface area contributed by atoms with E-state index >= 15 is 0 Å². The fourth-order valence-electron chi connectivity index (χ4n) is 8.61. The van der Waals surface area contributed by atoms with E-state index in [1.54, 1.807) is 0 Å². The lowest BCUT2D eigenvalue weighted by Crippen LogP contribution is -1.95. The Bertz CT molecular complexity index is 3110. The quantitative estimate of drug-likeness (QED) is 0.162. The van der Waals surface area contributed by atoms with Crippen molar-refractivity contribution in [2.75, 3.05) is 0 Å². The van der Waals surface area contributed by atoms with Crippen LogP contribution in [0.1, 0.15) is 0 Å². The molecule has 0 N–H and O–H groups in total. The van der Waals surface area contributed by atoms with E-state index in [2.05, 4.69) is 228 Å². The summed E-state index contributed by atoms with van der Waals surface area (Å²) >= 11 is 0. The maximum Gasteiger partial charge on any atom is 0.0541 e. The van der Waals surface area contributed by atoms with Gasteiger partial charge in [0, 0.05) is 32.9 Å². The molecule has 0 aliphatic heterocycles. The number of rotatable bonds is 6. The highest BCUT2D eigenvalue weighted by Gasteiger charge is 2.17. The molecule has 0 spiro atoms. The summed E-state index contributed by atoms with van der Waals surface area (Å²) in [6.07, 6.45) is 0. The van der Waals surface area contributed by atoms with E-state index in [1.807, 2.05) is 0 Å². The van der Waals surface area contributed by atoms with E-state index in [0.29, 0.717) is 0 Å². The van der Waals surface area contributed by atoms with E-state index in [4.69, 9.17) is 0 Å². The summed E-state index contributed by atoms with van der Waals surface area (Å²) in [6, 6.07) is 79.4. The Labute approximate surface area is 325 Å². The number of nitrogens with zero attached hydrogens (tertiary/aromatic N) is 2. The van der Waals surface area contributed by atoms with Gasteiger partial charge in [-0.15, -0.1) is 0 Å². The van der Waals surface area contributed by atoms with Gasteiger partial charge in [-0.05, 0) is 117 Å². The Morgan fingerprint density at radius 2 is 0.482 bits per heavy atom. The molecule has 2 heterocycles. The van der Waals surface area contributed by atoms with E-state index < -0.39 is 0 Å². The summed E-state index contributed by atoms with van der Waals surface area (Å²) < 4.78 is 4.83. The van der Waals surface area contributed by atoms with Crippen LogP contribution in [0.2, 0.25) is 0 Å². The van der Waals surface area contributed by atoms with Crippen molar-refractivity contribution < 1.29 is 0 Å². The van der Waals surface area contributed by atoms with Gasteiger partial charge in [-0.25, -0.2) is 0 Å². The van der Waals surface area contributed by atoms with Crippen LogP contribution in [0.15, 0.2) is 218 Å². The van der Waals surface area contributed by atoms with Crippen molar-refractivity contribution in [3.8, 4) is 55.9 Å². The highest BCUT2D eigenvalue weighted by atomic mass is 15.0. The number of fused-ring (bicyclic) bond motifs is 6. The van der Waals surface area contributed by atoms with Crippen LogP contribution in [0.4, 0.5) is 0 Å². The van der Waals surface area contributed by atoms with Crippen LogP contribution < -0.4 is 0 Å². The Morgan fingerprint density at radius 3 is 0.875 bits per heavy atom. The summed E-state index contributed by atoms with van der Waals surface area (Å²) in [5, 5.41) is 4.97. The maximum absolute atomic E-state index is 2.43. The van der Waals surface area contributed by atoms with Crippen molar-refractivity contribution in [2.24, 2.45) is 0 Å². The molecular weight excluding hydrogens is 677 g/mol. The molecule has 0 fully saturated rings. The van der Waals surface area contributed by atoms with Crippen molar-refractivity contribution in [3.05, 3.63) is 218 Å². The summed E-state index contributed by atoms with van der Waals surface area (Å²) in [4.78, 5) is 0. The molecule has 0 aliphatic carbocycles. The molecule has 2 heteroatoms. The van der Waals surface area contributed by atoms with Gasteiger partial charge in [0.05, 0.1) is 22.1 Å². The number of para-hydroxylation sites is 1. The third-order valence-electron chi connectivity index (χ3n) is 11.3. The van der Waals surface area contributed by atoms with Crippen LogP contribution in [0.3, 0.4) is 0 Å². The first-order valence-electron chi connectivity index (χ1n) is 19.3. The van der Waals surface area contributed by atoms with Gasteiger partial charge in [-0.2, -0.15) is 0 Å². The topological polar surface area (TPSA) is 9.86 Å². The van der Waals surface area contributed by atoms with Crippen LogP contribution in [-0.2, 0) is 0 Å². The molecule has 262 valence electrons. The van der Waals surface area contributed by atoms with E-state index in [0.717, 1.165) is 11.4 Å². The summed E-state index contributed by atoms with van der Waals surface area (Å²) in [6.45, 7) is 0. The van der Waals surface area contributed by atoms with Crippen LogP contribution >= 0.6 is 0 Å².